The number of halogens is 1. The maximum atomic E-state index is 11.9. The van der Waals surface area contributed by atoms with E-state index in [9.17, 15) is 4.79 Å². The Balaban J connectivity index is 0.00000320. The average molecular weight is 527 g/mol. The minimum atomic E-state index is -0.230. The van der Waals surface area contributed by atoms with Crippen LogP contribution in [0.1, 0.15) is 31.2 Å². The topological polar surface area (TPSA) is 92.0 Å². The van der Waals surface area contributed by atoms with Crippen molar-refractivity contribution >= 4 is 36.0 Å². The van der Waals surface area contributed by atoms with Gasteiger partial charge < -0.3 is 24.7 Å². The van der Waals surface area contributed by atoms with E-state index in [4.69, 9.17) is 9.15 Å². The highest BCUT2D eigenvalue weighted by Crippen LogP contribution is 2.11. The maximum Gasteiger partial charge on any atom is 0.409 e. The number of nitrogens with zero attached hydrogens (tertiary/aromatic N) is 3. The van der Waals surface area contributed by atoms with Crippen LogP contribution in [-0.2, 0) is 17.7 Å². The van der Waals surface area contributed by atoms with Crippen molar-refractivity contribution in [1.29, 1.82) is 0 Å². The highest BCUT2D eigenvalue weighted by Gasteiger charge is 2.24. The summed E-state index contributed by atoms with van der Waals surface area (Å²) in [5.74, 6) is 1.68. The summed E-state index contributed by atoms with van der Waals surface area (Å²) < 4.78 is 10.5. The fraction of sp³-hybridized carbons (Fsp3) is 0.476. The summed E-state index contributed by atoms with van der Waals surface area (Å²) in [7, 11) is 0. The van der Waals surface area contributed by atoms with E-state index < -0.39 is 0 Å². The molecule has 2 aromatic rings. The lowest BCUT2D eigenvalue weighted by Crippen LogP contribution is -2.50. The molecule has 3 heterocycles. The number of furan rings is 1. The smallest absolute Gasteiger partial charge is 0.409 e. The number of likely N-dealkylation sites (tertiary alicyclic amines) is 1. The molecule has 0 spiro atoms. The molecule has 3 rings (SSSR count). The Morgan fingerprint density at radius 2 is 2.13 bits per heavy atom. The van der Waals surface area contributed by atoms with Crippen LogP contribution in [0.4, 0.5) is 4.79 Å². The fourth-order valence-electron chi connectivity index (χ4n) is 3.18. The summed E-state index contributed by atoms with van der Waals surface area (Å²) in [6, 6.07) is 9.92. The molecule has 1 fully saturated rings. The van der Waals surface area contributed by atoms with Crippen LogP contribution in [0.15, 0.2) is 52.2 Å². The van der Waals surface area contributed by atoms with Gasteiger partial charge in [0.25, 0.3) is 0 Å². The van der Waals surface area contributed by atoms with E-state index in [1.807, 2.05) is 37.3 Å². The number of pyridine rings is 1. The number of carbonyl (C=O) groups excluding carboxylic acids is 1. The molecule has 1 amide bonds. The van der Waals surface area contributed by atoms with E-state index in [0.717, 1.165) is 36.7 Å². The van der Waals surface area contributed by atoms with E-state index in [0.29, 0.717) is 32.8 Å². The zero-order valence-corrected chi connectivity index (χ0v) is 19.6. The number of rotatable bonds is 7. The highest BCUT2D eigenvalue weighted by atomic mass is 127. The molecule has 0 saturated carbocycles. The Morgan fingerprint density at radius 3 is 2.80 bits per heavy atom. The zero-order chi connectivity index (χ0) is 20.3. The Bertz CT molecular complexity index is 762. The number of amides is 1. The maximum absolute atomic E-state index is 11.9. The Morgan fingerprint density at radius 1 is 1.30 bits per heavy atom. The van der Waals surface area contributed by atoms with Crippen LogP contribution in [0.2, 0.25) is 0 Å². The molecule has 0 radical (unpaired) electrons. The van der Waals surface area contributed by atoms with E-state index in [1.54, 1.807) is 17.4 Å². The second-order valence-corrected chi connectivity index (χ2v) is 6.85. The van der Waals surface area contributed by atoms with Gasteiger partial charge in [0.15, 0.2) is 5.96 Å². The molecule has 0 atom stereocenters. The molecule has 9 heteroatoms. The van der Waals surface area contributed by atoms with Gasteiger partial charge in [0.1, 0.15) is 5.76 Å². The van der Waals surface area contributed by atoms with Gasteiger partial charge in [-0.3, -0.25) is 4.98 Å². The first-order valence-electron chi connectivity index (χ1n) is 10.1. The van der Waals surface area contributed by atoms with Crippen LogP contribution in [-0.4, -0.2) is 54.2 Å². The van der Waals surface area contributed by atoms with Crippen molar-refractivity contribution in [3.8, 4) is 0 Å². The molecule has 1 aliphatic heterocycles. The van der Waals surface area contributed by atoms with Crippen molar-refractivity contribution in [3.63, 3.8) is 0 Å². The lowest BCUT2D eigenvalue weighted by atomic mass is 10.1. The van der Waals surface area contributed by atoms with E-state index in [1.165, 1.54) is 0 Å². The lowest BCUT2D eigenvalue weighted by molar-refractivity contribution is 0.0963. The first-order chi connectivity index (χ1) is 14.2. The van der Waals surface area contributed by atoms with Crippen molar-refractivity contribution in [3.05, 3.63) is 54.2 Å². The Kier molecular flexibility index (Phi) is 10.5. The fourth-order valence-corrected chi connectivity index (χ4v) is 3.18. The minimum Gasteiger partial charge on any atom is -0.469 e. The minimum absolute atomic E-state index is 0. The van der Waals surface area contributed by atoms with E-state index in [-0.39, 0.29) is 36.1 Å². The number of nitrogens with one attached hydrogen (secondary N) is 2. The first-order valence-corrected chi connectivity index (χ1v) is 10.1. The highest BCUT2D eigenvalue weighted by molar-refractivity contribution is 14.0. The van der Waals surface area contributed by atoms with Crippen LogP contribution in [0.5, 0.6) is 0 Å². The molecule has 2 N–H and O–H groups in total. The molecule has 8 nitrogen and oxygen atoms in total. The number of aliphatic imine (C=N–C) groups is 1. The van der Waals surface area contributed by atoms with Crippen molar-refractivity contribution in [2.24, 2.45) is 4.99 Å². The summed E-state index contributed by atoms with van der Waals surface area (Å²) in [4.78, 5) is 22.6. The quantitative estimate of drug-likeness (QED) is 0.327. The molecular formula is C21H30IN5O3. The molecule has 1 saturated heterocycles. The SMILES string of the molecule is CCOC(=O)N1CCC(NC(=NCc2ccccn2)NCCc2ccco2)CC1.I. The van der Waals surface area contributed by atoms with E-state index >= 15 is 0 Å². The number of aromatic nitrogens is 1. The third-order valence-corrected chi connectivity index (χ3v) is 4.73. The third kappa shape index (κ3) is 7.85. The standard InChI is InChI=1S/C21H29N5O3.HI/c1-2-28-21(27)26-13-9-17(10-14-26)25-20(23-12-8-19-7-5-15-29-19)24-16-18-6-3-4-11-22-18;/h3-7,11,15,17H,2,8-10,12-14,16H2,1H3,(H2,23,24,25);1H. The molecule has 0 bridgehead atoms. The second-order valence-electron chi connectivity index (χ2n) is 6.85. The predicted octanol–water partition coefficient (Wildman–Crippen LogP) is 3.19. The molecule has 0 unspecified atom stereocenters. The van der Waals surface area contributed by atoms with Gasteiger partial charge in [-0.25, -0.2) is 9.79 Å². The van der Waals surface area contributed by atoms with Crippen LogP contribution in [0.3, 0.4) is 0 Å². The van der Waals surface area contributed by atoms with Gasteiger partial charge in [-0.1, -0.05) is 6.07 Å². The first kappa shape index (κ1) is 24.0. The number of piperidine rings is 1. The van der Waals surface area contributed by atoms with Crippen molar-refractivity contribution in [2.45, 2.75) is 38.8 Å². The van der Waals surface area contributed by atoms with Gasteiger partial charge in [0.05, 0.1) is 25.1 Å². The van der Waals surface area contributed by atoms with Crippen molar-refractivity contribution in [2.75, 3.05) is 26.2 Å². The monoisotopic (exact) mass is 527 g/mol. The van der Waals surface area contributed by atoms with Gasteiger partial charge in [-0.15, -0.1) is 24.0 Å². The molecular weight excluding hydrogens is 497 g/mol. The van der Waals surface area contributed by atoms with Gasteiger partial charge in [0, 0.05) is 38.3 Å². The van der Waals surface area contributed by atoms with E-state index in [2.05, 4.69) is 20.6 Å². The summed E-state index contributed by atoms with van der Waals surface area (Å²) in [6.45, 7) is 4.79. The van der Waals surface area contributed by atoms with Gasteiger partial charge >= 0.3 is 6.09 Å². The van der Waals surface area contributed by atoms with Gasteiger partial charge in [-0.2, -0.15) is 0 Å². The normalized spacial score (nSPS) is 14.7. The number of ether oxygens (including phenoxy) is 1. The second kappa shape index (κ2) is 13.1. The van der Waals surface area contributed by atoms with Gasteiger partial charge in [0.2, 0.25) is 0 Å². The number of hydrogen-bond acceptors (Lipinski definition) is 5. The molecule has 0 aliphatic carbocycles. The van der Waals surface area contributed by atoms with Crippen LogP contribution in [0, 0.1) is 0 Å². The third-order valence-electron chi connectivity index (χ3n) is 4.73. The van der Waals surface area contributed by atoms with Crippen LogP contribution < -0.4 is 10.6 Å². The summed E-state index contributed by atoms with van der Waals surface area (Å²) in [6.07, 6.45) is 5.70. The van der Waals surface area contributed by atoms with Crippen molar-refractivity contribution in [1.82, 2.24) is 20.5 Å². The number of guanidine groups is 1. The Labute approximate surface area is 194 Å². The summed E-state index contributed by atoms with van der Waals surface area (Å²) >= 11 is 0. The lowest BCUT2D eigenvalue weighted by Gasteiger charge is -2.32. The molecule has 164 valence electrons. The Hall–Kier alpha value is -2.30. The molecule has 1 aliphatic rings. The van der Waals surface area contributed by atoms with Crippen LogP contribution >= 0.6 is 24.0 Å². The van der Waals surface area contributed by atoms with Crippen LogP contribution in [0.25, 0.3) is 0 Å². The number of hydrogen-bond donors (Lipinski definition) is 2. The summed E-state index contributed by atoms with van der Waals surface area (Å²) in [5, 5.41) is 6.88. The zero-order valence-electron chi connectivity index (χ0n) is 17.3. The molecule has 30 heavy (non-hydrogen) atoms. The number of carbonyl (C=O) groups is 1. The van der Waals surface area contributed by atoms with Crippen molar-refractivity contribution < 1.29 is 13.9 Å². The molecule has 0 aromatic carbocycles. The predicted molar refractivity (Wildman–Crippen MR) is 126 cm³/mol. The molecule has 2 aromatic heterocycles. The largest absolute Gasteiger partial charge is 0.469 e. The average Bonchev–Trinajstić information content (AvgIpc) is 3.27. The van der Waals surface area contributed by atoms with Gasteiger partial charge in [-0.05, 0) is 44.0 Å². The summed E-state index contributed by atoms with van der Waals surface area (Å²) in [5.41, 5.74) is 0.914.